The largest absolute Gasteiger partial charge is 0.489 e. The number of aliphatic hydroxyl groups is 1. The fraction of sp³-hybridized carbons (Fsp3) is 0.625. The molecule has 3 rings (SSSR count). The van der Waals surface area contributed by atoms with Gasteiger partial charge in [-0.3, -0.25) is 0 Å². The maximum atomic E-state index is 13.1. The van der Waals surface area contributed by atoms with Crippen molar-refractivity contribution >= 4 is 21.6 Å². The third-order valence-corrected chi connectivity index (χ3v) is 6.96. The zero-order valence-corrected chi connectivity index (χ0v) is 14.9. The first-order valence-electron chi connectivity index (χ1n) is 7.96. The van der Waals surface area contributed by atoms with Crippen molar-refractivity contribution in [2.24, 2.45) is 5.92 Å². The highest BCUT2D eigenvalue weighted by molar-refractivity contribution is 7.89. The molecular formula is C16H22ClNO4S. The average Bonchev–Trinajstić information content (AvgIpc) is 2.88. The Balaban J connectivity index is 2.00. The van der Waals surface area contributed by atoms with Crippen LogP contribution in [-0.2, 0) is 16.4 Å². The zero-order chi connectivity index (χ0) is 16.8. The van der Waals surface area contributed by atoms with Gasteiger partial charge in [0.1, 0.15) is 11.9 Å². The Kier molecular flexibility index (Phi) is 4.62. The molecule has 2 aliphatic rings. The molecule has 128 valence electrons. The van der Waals surface area contributed by atoms with Gasteiger partial charge in [0.15, 0.2) is 0 Å². The van der Waals surface area contributed by atoms with E-state index in [1.54, 1.807) is 6.07 Å². The summed E-state index contributed by atoms with van der Waals surface area (Å²) in [6.45, 7) is 4.17. The molecule has 5 nitrogen and oxygen atoms in total. The van der Waals surface area contributed by atoms with Gasteiger partial charge in [0.05, 0.1) is 22.6 Å². The van der Waals surface area contributed by atoms with Gasteiger partial charge in [-0.1, -0.05) is 18.5 Å². The predicted molar refractivity (Wildman–Crippen MR) is 88.4 cm³/mol. The van der Waals surface area contributed by atoms with E-state index in [-0.39, 0.29) is 29.6 Å². The number of ether oxygens (including phenoxy) is 1. The van der Waals surface area contributed by atoms with E-state index in [1.165, 1.54) is 10.4 Å². The molecule has 0 radical (unpaired) electrons. The van der Waals surface area contributed by atoms with Crippen molar-refractivity contribution in [3.63, 3.8) is 0 Å². The van der Waals surface area contributed by atoms with Crippen LogP contribution in [0.3, 0.4) is 0 Å². The molecule has 0 amide bonds. The van der Waals surface area contributed by atoms with Crippen molar-refractivity contribution in [2.45, 2.75) is 50.2 Å². The Hall–Kier alpha value is -0.820. The average molecular weight is 360 g/mol. The van der Waals surface area contributed by atoms with Gasteiger partial charge in [-0.15, -0.1) is 0 Å². The summed E-state index contributed by atoms with van der Waals surface area (Å²) in [5, 5.41) is 9.96. The zero-order valence-electron chi connectivity index (χ0n) is 13.3. The minimum absolute atomic E-state index is 0.000605. The maximum absolute atomic E-state index is 13.1. The number of fused-ring (bicyclic) bond motifs is 1. The molecule has 1 aromatic carbocycles. The van der Waals surface area contributed by atoms with E-state index in [0.717, 1.165) is 18.4 Å². The van der Waals surface area contributed by atoms with Crippen LogP contribution < -0.4 is 4.74 Å². The van der Waals surface area contributed by atoms with E-state index in [4.69, 9.17) is 16.3 Å². The summed E-state index contributed by atoms with van der Waals surface area (Å²) >= 11 is 6.23. The van der Waals surface area contributed by atoms with Crippen LogP contribution in [0.5, 0.6) is 5.75 Å². The van der Waals surface area contributed by atoms with Gasteiger partial charge in [-0.2, -0.15) is 4.31 Å². The fourth-order valence-electron chi connectivity index (χ4n) is 3.52. The molecule has 0 aromatic heterocycles. The lowest BCUT2D eigenvalue weighted by molar-refractivity contribution is 0.113. The Bertz CT molecular complexity index is 706. The molecule has 1 fully saturated rings. The van der Waals surface area contributed by atoms with Gasteiger partial charge in [0.2, 0.25) is 10.0 Å². The van der Waals surface area contributed by atoms with E-state index >= 15 is 0 Å². The van der Waals surface area contributed by atoms with Crippen LogP contribution in [0.4, 0.5) is 0 Å². The summed E-state index contributed by atoms with van der Waals surface area (Å²) in [6, 6.07) is 2.74. The molecule has 2 aliphatic heterocycles. The number of sulfonamides is 1. The highest BCUT2D eigenvalue weighted by atomic mass is 35.5. The number of hydrogen-bond donors (Lipinski definition) is 1. The summed E-state index contributed by atoms with van der Waals surface area (Å²) in [6.07, 6.45) is 2.38. The molecule has 7 heteroatoms. The normalized spacial score (nSPS) is 28.4. The fourth-order valence-corrected chi connectivity index (χ4v) is 5.70. The number of hydrogen-bond acceptors (Lipinski definition) is 4. The van der Waals surface area contributed by atoms with Crippen molar-refractivity contribution in [3.05, 3.63) is 22.7 Å². The summed E-state index contributed by atoms with van der Waals surface area (Å²) < 4.78 is 33.2. The van der Waals surface area contributed by atoms with E-state index < -0.39 is 10.0 Å². The molecule has 0 aliphatic carbocycles. The van der Waals surface area contributed by atoms with Crippen molar-refractivity contribution < 1.29 is 18.3 Å². The molecule has 2 heterocycles. The Morgan fingerprint density at radius 1 is 1.39 bits per heavy atom. The summed E-state index contributed by atoms with van der Waals surface area (Å²) in [7, 11) is -3.68. The van der Waals surface area contributed by atoms with Crippen molar-refractivity contribution in [1.29, 1.82) is 0 Å². The first-order chi connectivity index (χ1) is 10.8. The van der Waals surface area contributed by atoms with E-state index in [1.807, 2.05) is 13.8 Å². The topological polar surface area (TPSA) is 66.8 Å². The summed E-state index contributed by atoms with van der Waals surface area (Å²) in [4.78, 5) is 0.187. The smallest absolute Gasteiger partial charge is 0.243 e. The van der Waals surface area contributed by atoms with Crippen LogP contribution in [0.25, 0.3) is 0 Å². The molecule has 1 N–H and O–H groups in total. The number of rotatable bonds is 3. The molecular weight excluding hydrogens is 338 g/mol. The second kappa shape index (κ2) is 6.24. The Morgan fingerprint density at radius 3 is 2.83 bits per heavy atom. The number of piperidine rings is 1. The summed E-state index contributed by atoms with van der Waals surface area (Å²) in [5.74, 6) is 0.723. The minimum Gasteiger partial charge on any atom is -0.489 e. The molecule has 3 atom stereocenters. The van der Waals surface area contributed by atoms with Crippen LogP contribution in [0.1, 0.15) is 32.3 Å². The molecule has 0 spiro atoms. The Morgan fingerprint density at radius 2 is 2.13 bits per heavy atom. The van der Waals surface area contributed by atoms with Gasteiger partial charge >= 0.3 is 0 Å². The third-order valence-electron chi connectivity index (χ3n) is 4.78. The second-order valence-electron chi connectivity index (χ2n) is 6.51. The van der Waals surface area contributed by atoms with Gasteiger partial charge < -0.3 is 9.84 Å². The molecule has 1 aromatic rings. The van der Waals surface area contributed by atoms with E-state index in [0.29, 0.717) is 23.7 Å². The number of benzene rings is 1. The lowest BCUT2D eigenvalue weighted by Gasteiger charge is -2.37. The first-order valence-corrected chi connectivity index (χ1v) is 9.78. The molecule has 0 bridgehead atoms. The molecule has 0 saturated carbocycles. The van der Waals surface area contributed by atoms with Crippen LogP contribution in [0.2, 0.25) is 5.02 Å². The number of aliphatic hydroxyl groups excluding tert-OH is 1. The predicted octanol–water partition coefficient (Wildman–Crippen LogP) is 2.44. The van der Waals surface area contributed by atoms with E-state index in [9.17, 15) is 13.5 Å². The monoisotopic (exact) mass is 359 g/mol. The minimum atomic E-state index is -3.68. The second-order valence-corrected chi connectivity index (χ2v) is 8.81. The number of halogens is 1. The number of nitrogens with zero attached hydrogens (tertiary/aromatic N) is 1. The highest BCUT2D eigenvalue weighted by Gasteiger charge is 2.38. The first kappa shape index (κ1) is 17.0. The molecule has 23 heavy (non-hydrogen) atoms. The van der Waals surface area contributed by atoms with Crippen molar-refractivity contribution in [3.8, 4) is 5.75 Å². The molecule has 1 saturated heterocycles. The third kappa shape index (κ3) is 2.97. The SMILES string of the molecule is C[C@@H]1Cc2cc(S(=O)(=O)N3CCC[C@@H](C)[C@@H]3CO)cc(Cl)c2O1. The quantitative estimate of drug-likeness (QED) is 0.900. The van der Waals surface area contributed by atoms with Gasteiger partial charge in [0, 0.05) is 18.5 Å². The van der Waals surface area contributed by atoms with Crippen LogP contribution >= 0.6 is 11.6 Å². The van der Waals surface area contributed by atoms with E-state index in [2.05, 4.69) is 0 Å². The van der Waals surface area contributed by atoms with Crippen molar-refractivity contribution in [1.82, 2.24) is 4.31 Å². The lowest BCUT2D eigenvalue weighted by Crippen LogP contribution is -2.49. The van der Waals surface area contributed by atoms with Crippen LogP contribution in [0.15, 0.2) is 17.0 Å². The standard InChI is InChI=1S/C16H22ClNO4S/c1-10-4-3-5-18(15(10)9-19)23(20,21)13-7-12-6-11(2)22-16(12)14(17)8-13/h7-8,10-11,15,19H,3-6,9H2,1-2H3/t10-,11-,15+/m1/s1. The van der Waals surface area contributed by atoms with Gasteiger partial charge in [-0.05, 0) is 37.8 Å². The van der Waals surface area contributed by atoms with Crippen LogP contribution in [-0.4, -0.2) is 43.1 Å². The van der Waals surface area contributed by atoms with Gasteiger partial charge in [-0.25, -0.2) is 8.42 Å². The Labute approximate surface area is 142 Å². The summed E-state index contributed by atoms with van der Waals surface area (Å²) in [5.41, 5.74) is 0.828. The maximum Gasteiger partial charge on any atom is 0.243 e. The van der Waals surface area contributed by atoms with Gasteiger partial charge in [0.25, 0.3) is 0 Å². The van der Waals surface area contributed by atoms with Crippen LogP contribution in [0, 0.1) is 5.92 Å². The highest BCUT2D eigenvalue weighted by Crippen LogP contribution is 2.39. The van der Waals surface area contributed by atoms with Crippen molar-refractivity contribution in [2.75, 3.05) is 13.2 Å². The lowest BCUT2D eigenvalue weighted by atomic mass is 9.93. The molecule has 0 unspecified atom stereocenters.